The fraction of sp³-hybridized carbons (Fsp3) is 0.100. The Balaban J connectivity index is 1.79. The highest BCUT2D eigenvalue weighted by Crippen LogP contribution is 2.24. The molecule has 2 heterocycles. The molecule has 2 aromatic heterocycles. The van der Waals surface area contributed by atoms with E-state index in [1.807, 2.05) is 11.4 Å². The van der Waals surface area contributed by atoms with Crippen LogP contribution in [0.3, 0.4) is 0 Å². The van der Waals surface area contributed by atoms with Crippen molar-refractivity contribution in [3.63, 3.8) is 0 Å². The van der Waals surface area contributed by atoms with Crippen molar-refractivity contribution < 1.29 is 18.7 Å². The number of carbonyl (C=O) groups is 2. The zero-order chi connectivity index (χ0) is 18.5. The molecule has 3 rings (SSSR count). The van der Waals surface area contributed by atoms with Gasteiger partial charge in [0, 0.05) is 18.1 Å². The first-order valence-corrected chi connectivity index (χ1v) is 8.75. The highest BCUT2D eigenvalue weighted by Gasteiger charge is 2.18. The van der Waals surface area contributed by atoms with Crippen LogP contribution in [0.15, 0.2) is 60.1 Å². The number of halogens is 1. The summed E-state index contributed by atoms with van der Waals surface area (Å²) >= 11 is 1.38. The van der Waals surface area contributed by atoms with Crippen LogP contribution < -0.4 is 0 Å². The number of benzene rings is 1. The van der Waals surface area contributed by atoms with E-state index in [1.165, 1.54) is 23.5 Å². The van der Waals surface area contributed by atoms with Crippen LogP contribution in [0.2, 0.25) is 0 Å². The lowest BCUT2D eigenvalue weighted by atomic mass is 10.1. The number of ketones is 1. The quantitative estimate of drug-likeness (QED) is 0.372. The maximum absolute atomic E-state index is 13.1. The maximum Gasteiger partial charge on any atom is 0.340 e. The van der Waals surface area contributed by atoms with Gasteiger partial charge in [0.25, 0.3) is 0 Å². The minimum atomic E-state index is -0.598. The predicted octanol–water partition coefficient (Wildman–Crippen LogP) is 4.19. The van der Waals surface area contributed by atoms with Gasteiger partial charge in [0.05, 0.1) is 11.3 Å². The molecule has 0 bridgehead atoms. The molecule has 0 atom stereocenters. The second-order valence-corrected chi connectivity index (χ2v) is 6.54. The Labute approximate surface area is 154 Å². The van der Waals surface area contributed by atoms with Crippen molar-refractivity contribution in [3.8, 4) is 0 Å². The predicted molar refractivity (Wildman–Crippen MR) is 99.3 cm³/mol. The normalized spacial score (nSPS) is 11.4. The summed E-state index contributed by atoms with van der Waals surface area (Å²) < 4.78 is 20.0. The Morgan fingerprint density at radius 2 is 1.92 bits per heavy atom. The molecule has 0 N–H and O–H groups in total. The van der Waals surface area contributed by atoms with Gasteiger partial charge in [0.1, 0.15) is 5.82 Å². The number of thiophene rings is 1. The minimum absolute atomic E-state index is 0.279. The van der Waals surface area contributed by atoms with Gasteiger partial charge >= 0.3 is 5.97 Å². The number of nitrogens with zero attached hydrogens (tertiary/aromatic N) is 1. The van der Waals surface area contributed by atoms with Crippen molar-refractivity contribution in [3.05, 3.63) is 82.1 Å². The molecule has 3 aromatic rings. The average Bonchev–Trinajstić information content (AvgIpc) is 3.30. The molecule has 0 fully saturated rings. The van der Waals surface area contributed by atoms with Gasteiger partial charge in [0.2, 0.25) is 5.78 Å². The number of rotatable bonds is 6. The molecular formula is C20H16FNO3S. The lowest BCUT2D eigenvalue weighted by molar-refractivity contribution is -0.135. The fourth-order valence-electron chi connectivity index (χ4n) is 2.42. The minimum Gasteiger partial charge on any atom is -0.454 e. The first-order chi connectivity index (χ1) is 12.5. The van der Waals surface area contributed by atoms with Crippen LogP contribution >= 0.6 is 11.3 Å². The van der Waals surface area contributed by atoms with E-state index < -0.39 is 5.97 Å². The zero-order valence-corrected chi connectivity index (χ0v) is 14.8. The van der Waals surface area contributed by atoms with Gasteiger partial charge in [-0.15, -0.1) is 11.3 Å². The molecule has 26 heavy (non-hydrogen) atoms. The Morgan fingerprint density at radius 1 is 1.15 bits per heavy atom. The molecule has 4 nitrogen and oxygen atoms in total. The topological polar surface area (TPSA) is 48.3 Å². The number of aryl methyl sites for hydroxylation is 1. The largest absolute Gasteiger partial charge is 0.454 e. The van der Waals surface area contributed by atoms with Gasteiger partial charge in [-0.1, -0.05) is 18.2 Å². The van der Waals surface area contributed by atoms with Crippen molar-refractivity contribution in [1.29, 1.82) is 0 Å². The summed E-state index contributed by atoms with van der Waals surface area (Å²) in [5, 5.41) is 1.84. The first-order valence-electron chi connectivity index (χ1n) is 7.87. The maximum atomic E-state index is 13.1. The highest BCUT2D eigenvalue weighted by atomic mass is 32.1. The molecule has 0 radical (unpaired) electrons. The van der Waals surface area contributed by atoms with Crippen LogP contribution in [0, 0.1) is 5.82 Å². The molecular weight excluding hydrogens is 353 g/mol. The highest BCUT2D eigenvalue weighted by molar-refractivity contribution is 7.11. The van der Waals surface area contributed by atoms with Gasteiger partial charge in [-0.05, 0) is 47.4 Å². The summed E-state index contributed by atoms with van der Waals surface area (Å²) in [5.41, 5.74) is 1.46. The van der Waals surface area contributed by atoms with E-state index in [9.17, 15) is 14.0 Å². The summed E-state index contributed by atoms with van der Waals surface area (Å²) in [4.78, 5) is 25.4. The molecule has 0 spiro atoms. The zero-order valence-electron chi connectivity index (χ0n) is 14.0. The Morgan fingerprint density at radius 3 is 2.54 bits per heavy atom. The van der Waals surface area contributed by atoms with Gasteiger partial charge in [0.15, 0.2) is 6.61 Å². The third kappa shape index (κ3) is 4.15. The molecule has 0 unspecified atom stereocenters. The smallest absolute Gasteiger partial charge is 0.340 e. The van der Waals surface area contributed by atoms with Crippen molar-refractivity contribution in [2.45, 2.75) is 0 Å². The van der Waals surface area contributed by atoms with E-state index in [0.29, 0.717) is 21.7 Å². The molecule has 0 saturated carbocycles. The van der Waals surface area contributed by atoms with Crippen LogP contribution in [-0.2, 0) is 16.6 Å². The fourth-order valence-corrected chi connectivity index (χ4v) is 3.15. The average molecular weight is 369 g/mol. The van der Waals surface area contributed by atoms with Gasteiger partial charge < -0.3 is 9.30 Å². The number of aromatic nitrogens is 1. The van der Waals surface area contributed by atoms with Gasteiger partial charge in [-0.2, -0.15) is 0 Å². The van der Waals surface area contributed by atoms with Crippen molar-refractivity contribution in [2.24, 2.45) is 7.05 Å². The monoisotopic (exact) mass is 369 g/mol. The van der Waals surface area contributed by atoms with E-state index in [0.717, 1.165) is 0 Å². The van der Waals surface area contributed by atoms with Crippen LogP contribution in [0.25, 0.3) is 11.6 Å². The number of carbonyl (C=O) groups excluding carboxylic acids is 2. The molecule has 132 valence electrons. The van der Waals surface area contributed by atoms with Crippen LogP contribution in [0.4, 0.5) is 4.39 Å². The van der Waals surface area contributed by atoms with Gasteiger partial charge in [-0.25, -0.2) is 9.18 Å². The first kappa shape index (κ1) is 17.8. The lowest BCUT2D eigenvalue weighted by Gasteiger charge is -2.08. The summed E-state index contributed by atoms with van der Waals surface area (Å²) in [6.45, 7) is -0.344. The second kappa shape index (κ2) is 7.93. The lowest BCUT2D eigenvalue weighted by Crippen LogP contribution is -2.17. The number of ether oxygens (including phenoxy) is 1. The van der Waals surface area contributed by atoms with Crippen molar-refractivity contribution in [2.75, 3.05) is 6.61 Å². The van der Waals surface area contributed by atoms with Gasteiger partial charge in [-0.3, -0.25) is 4.79 Å². The van der Waals surface area contributed by atoms with Crippen LogP contribution in [0.5, 0.6) is 0 Å². The number of Topliss-reactive ketones (excluding diaryl/α,β-unsaturated/α-hetero) is 1. The Hall–Kier alpha value is -2.99. The summed E-state index contributed by atoms with van der Waals surface area (Å²) in [7, 11) is 1.75. The molecule has 1 aromatic carbocycles. The third-order valence-electron chi connectivity index (χ3n) is 3.75. The van der Waals surface area contributed by atoms with E-state index >= 15 is 0 Å². The van der Waals surface area contributed by atoms with Crippen LogP contribution in [0.1, 0.15) is 20.9 Å². The Kier molecular flexibility index (Phi) is 5.43. The van der Waals surface area contributed by atoms with E-state index in [1.54, 1.807) is 54.2 Å². The van der Waals surface area contributed by atoms with E-state index in [4.69, 9.17) is 4.74 Å². The molecule has 0 saturated heterocycles. The second-order valence-electron chi connectivity index (χ2n) is 5.59. The number of hydrogen-bond donors (Lipinski definition) is 0. The summed E-state index contributed by atoms with van der Waals surface area (Å²) in [6, 6.07) is 12.8. The summed E-state index contributed by atoms with van der Waals surface area (Å²) in [6.07, 6.45) is 3.38. The SMILES string of the molecule is Cn1cccc1C(=O)COC(=O)C(=Cc1ccc(F)cc1)c1cccs1. The van der Waals surface area contributed by atoms with E-state index in [-0.39, 0.29) is 18.2 Å². The molecule has 0 aliphatic carbocycles. The van der Waals surface area contributed by atoms with Crippen LogP contribution in [-0.4, -0.2) is 22.9 Å². The number of hydrogen-bond acceptors (Lipinski definition) is 4. The molecule has 0 amide bonds. The molecule has 0 aliphatic heterocycles. The van der Waals surface area contributed by atoms with E-state index in [2.05, 4.69) is 0 Å². The molecule has 0 aliphatic rings. The molecule has 6 heteroatoms. The van der Waals surface area contributed by atoms with Crippen molar-refractivity contribution in [1.82, 2.24) is 4.57 Å². The number of esters is 1. The standard InChI is InChI=1S/C20H16FNO3S/c1-22-10-2-4-17(22)18(23)13-25-20(24)16(19-5-3-11-26-19)12-14-6-8-15(21)9-7-14/h2-12H,13H2,1H3. The summed E-state index contributed by atoms with van der Waals surface area (Å²) in [5.74, 6) is -1.23. The third-order valence-corrected chi connectivity index (χ3v) is 4.65. The Bertz CT molecular complexity index is 940. The van der Waals surface area contributed by atoms with Crippen molar-refractivity contribution >= 4 is 34.7 Å².